The minimum absolute atomic E-state index is 0.179. The standard InChI is InChI=1S/C10H5FN2OS/c11-5-1-2-7-6(3-5)8-9(15-7)10(14)13-4-12-8/h1-4H,(H,12,13,14). The molecule has 0 atom stereocenters. The van der Waals surface area contributed by atoms with E-state index >= 15 is 0 Å². The molecule has 0 bridgehead atoms. The second-order valence-corrected chi connectivity index (χ2v) is 4.20. The largest absolute Gasteiger partial charge is 0.312 e. The van der Waals surface area contributed by atoms with Crippen molar-refractivity contribution in [3.8, 4) is 0 Å². The average molecular weight is 220 g/mol. The monoisotopic (exact) mass is 220 g/mol. The van der Waals surface area contributed by atoms with Crippen LogP contribution in [-0.2, 0) is 0 Å². The highest BCUT2D eigenvalue weighted by atomic mass is 32.1. The van der Waals surface area contributed by atoms with Gasteiger partial charge in [0, 0.05) is 10.1 Å². The predicted octanol–water partition coefficient (Wildman–Crippen LogP) is 2.28. The van der Waals surface area contributed by atoms with Crippen LogP contribution in [0.25, 0.3) is 20.3 Å². The lowest BCUT2D eigenvalue weighted by Gasteiger charge is -1.89. The average Bonchev–Trinajstić information content (AvgIpc) is 2.58. The molecule has 2 heterocycles. The van der Waals surface area contributed by atoms with E-state index in [1.54, 1.807) is 6.07 Å². The van der Waals surface area contributed by atoms with Crippen LogP contribution in [0.15, 0.2) is 29.3 Å². The summed E-state index contributed by atoms with van der Waals surface area (Å²) in [6.07, 6.45) is 1.34. The Morgan fingerprint density at radius 3 is 3.13 bits per heavy atom. The highest BCUT2D eigenvalue weighted by Crippen LogP contribution is 2.30. The van der Waals surface area contributed by atoms with E-state index in [4.69, 9.17) is 0 Å². The highest BCUT2D eigenvalue weighted by Gasteiger charge is 2.09. The summed E-state index contributed by atoms with van der Waals surface area (Å²) < 4.78 is 14.4. The maximum absolute atomic E-state index is 13.0. The van der Waals surface area contributed by atoms with Gasteiger partial charge >= 0.3 is 0 Å². The first-order valence-electron chi connectivity index (χ1n) is 4.31. The van der Waals surface area contributed by atoms with Crippen LogP contribution in [0.2, 0.25) is 0 Å². The molecule has 1 aromatic carbocycles. The van der Waals surface area contributed by atoms with Gasteiger partial charge in [-0.15, -0.1) is 11.3 Å². The van der Waals surface area contributed by atoms with Crippen molar-refractivity contribution in [2.24, 2.45) is 0 Å². The van der Waals surface area contributed by atoms with E-state index in [9.17, 15) is 9.18 Å². The molecular weight excluding hydrogens is 215 g/mol. The normalized spacial score (nSPS) is 11.3. The molecule has 74 valence electrons. The van der Waals surface area contributed by atoms with Gasteiger partial charge in [-0.1, -0.05) is 0 Å². The lowest BCUT2D eigenvalue weighted by Crippen LogP contribution is -2.03. The number of rotatable bonds is 0. The molecule has 0 aliphatic heterocycles. The molecule has 1 N–H and O–H groups in total. The summed E-state index contributed by atoms with van der Waals surface area (Å²) in [5.74, 6) is -0.315. The summed E-state index contributed by atoms with van der Waals surface area (Å²) in [6.45, 7) is 0. The maximum atomic E-state index is 13.0. The minimum Gasteiger partial charge on any atom is -0.312 e. The van der Waals surface area contributed by atoms with Crippen molar-refractivity contribution in [3.05, 3.63) is 40.7 Å². The smallest absolute Gasteiger partial charge is 0.268 e. The van der Waals surface area contributed by atoms with Gasteiger partial charge in [0.1, 0.15) is 10.5 Å². The molecule has 3 aromatic rings. The van der Waals surface area contributed by atoms with E-state index in [1.165, 1.54) is 29.8 Å². The maximum Gasteiger partial charge on any atom is 0.268 e. The molecule has 0 radical (unpaired) electrons. The van der Waals surface area contributed by atoms with E-state index in [-0.39, 0.29) is 11.4 Å². The van der Waals surface area contributed by atoms with Crippen LogP contribution in [0, 0.1) is 5.82 Å². The van der Waals surface area contributed by atoms with Gasteiger partial charge in [0.05, 0.1) is 11.8 Å². The van der Waals surface area contributed by atoms with E-state index in [2.05, 4.69) is 9.97 Å². The van der Waals surface area contributed by atoms with Gasteiger partial charge in [0.15, 0.2) is 0 Å². The number of aromatic amines is 1. The van der Waals surface area contributed by atoms with Gasteiger partial charge in [-0.2, -0.15) is 0 Å². The van der Waals surface area contributed by atoms with Gasteiger partial charge < -0.3 is 4.98 Å². The van der Waals surface area contributed by atoms with Crippen LogP contribution in [-0.4, -0.2) is 9.97 Å². The molecule has 0 unspecified atom stereocenters. The minimum atomic E-state index is -0.315. The van der Waals surface area contributed by atoms with Crippen molar-refractivity contribution in [1.82, 2.24) is 9.97 Å². The zero-order valence-electron chi connectivity index (χ0n) is 7.45. The summed E-state index contributed by atoms with van der Waals surface area (Å²) in [5.41, 5.74) is 0.389. The molecule has 0 aliphatic rings. The van der Waals surface area contributed by atoms with E-state index < -0.39 is 0 Å². The van der Waals surface area contributed by atoms with Crippen LogP contribution in [0.5, 0.6) is 0 Å². The number of aromatic nitrogens is 2. The number of thiophene rings is 1. The number of fused-ring (bicyclic) bond motifs is 3. The molecule has 0 fully saturated rings. The fourth-order valence-corrected chi connectivity index (χ4v) is 2.59. The van der Waals surface area contributed by atoms with Crippen molar-refractivity contribution in [3.63, 3.8) is 0 Å². The molecule has 3 nitrogen and oxygen atoms in total. The van der Waals surface area contributed by atoms with Crippen LogP contribution in [0.3, 0.4) is 0 Å². The SMILES string of the molecule is O=c1[nH]cnc2c1sc1ccc(F)cc12. The number of halogens is 1. The second-order valence-electron chi connectivity index (χ2n) is 3.15. The van der Waals surface area contributed by atoms with Gasteiger partial charge in [-0.05, 0) is 18.2 Å². The van der Waals surface area contributed by atoms with E-state index in [0.29, 0.717) is 15.6 Å². The summed E-state index contributed by atoms with van der Waals surface area (Å²) >= 11 is 1.32. The van der Waals surface area contributed by atoms with Crippen LogP contribution < -0.4 is 5.56 Å². The Bertz CT molecular complexity index is 716. The molecule has 0 saturated carbocycles. The van der Waals surface area contributed by atoms with Gasteiger partial charge in [0.2, 0.25) is 0 Å². The first kappa shape index (κ1) is 8.55. The molecule has 15 heavy (non-hydrogen) atoms. The van der Waals surface area contributed by atoms with Crippen LogP contribution >= 0.6 is 11.3 Å². The first-order valence-corrected chi connectivity index (χ1v) is 5.13. The lowest BCUT2D eigenvalue weighted by molar-refractivity contribution is 0.630. The Hall–Kier alpha value is -1.75. The second kappa shape index (κ2) is 2.87. The summed E-state index contributed by atoms with van der Waals surface area (Å²) in [4.78, 5) is 18.0. The zero-order valence-corrected chi connectivity index (χ0v) is 8.27. The predicted molar refractivity (Wildman–Crippen MR) is 57.7 cm³/mol. The first-order chi connectivity index (χ1) is 7.25. The Kier molecular flexibility index (Phi) is 1.63. The van der Waals surface area contributed by atoms with E-state index in [1.807, 2.05) is 0 Å². The Morgan fingerprint density at radius 1 is 1.40 bits per heavy atom. The van der Waals surface area contributed by atoms with Gasteiger partial charge in [0.25, 0.3) is 5.56 Å². The Balaban J connectivity index is 2.64. The topological polar surface area (TPSA) is 45.8 Å². The molecular formula is C10H5FN2OS. The third-order valence-corrected chi connectivity index (χ3v) is 3.38. The Morgan fingerprint density at radius 2 is 2.27 bits per heavy atom. The molecule has 0 saturated heterocycles. The molecule has 0 aliphatic carbocycles. The highest BCUT2D eigenvalue weighted by molar-refractivity contribution is 7.25. The van der Waals surface area contributed by atoms with Crippen molar-refractivity contribution in [2.45, 2.75) is 0 Å². The third kappa shape index (κ3) is 1.16. The fraction of sp³-hybridized carbons (Fsp3) is 0. The van der Waals surface area contributed by atoms with Crippen molar-refractivity contribution >= 4 is 31.6 Å². The molecule has 2 aromatic heterocycles. The number of benzene rings is 1. The fourth-order valence-electron chi connectivity index (χ4n) is 1.56. The Labute approximate surface area is 87.2 Å². The number of nitrogens with zero attached hydrogens (tertiary/aromatic N) is 1. The van der Waals surface area contributed by atoms with Crippen LogP contribution in [0.4, 0.5) is 4.39 Å². The van der Waals surface area contributed by atoms with Gasteiger partial charge in [-0.25, -0.2) is 9.37 Å². The quantitative estimate of drug-likeness (QED) is 0.631. The third-order valence-electron chi connectivity index (χ3n) is 2.22. The molecule has 0 amide bonds. The zero-order chi connectivity index (χ0) is 10.4. The lowest BCUT2D eigenvalue weighted by atomic mass is 10.2. The molecule has 0 spiro atoms. The van der Waals surface area contributed by atoms with Gasteiger partial charge in [-0.3, -0.25) is 4.79 Å². The summed E-state index contributed by atoms with van der Waals surface area (Å²) in [7, 11) is 0. The molecule has 5 heteroatoms. The number of nitrogens with one attached hydrogen (secondary N) is 1. The summed E-state index contributed by atoms with van der Waals surface area (Å²) in [5, 5.41) is 0.695. The number of hydrogen-bond donors (Lipinski definition) is 1. The van der Waals surface area contributed by atoms with Crippen molar-refractivity contribution in [2.75, 3.05) is 0 Å². The number of H-pyrrole nitrogens is 1. The summed E-state index contributed by atoms with van der Waals surface area (Å²) in [6, 6.07) is 4.45. The number of hydrogen-bond acceptors (Lipinski definition) is 3. The molecule has 3 rings (SSSR count). The van der Waals surface area contributed by atoms with E-state index in [0.717, 1.165) is 4.70 Å². The van der Waals surface area contributed by atoms with Crippen molar-refractivity contribution in [1.29, 1.82) is 0 Å². The van der Waals surface area contributed by atoms with Crippen LogP contribution in [0.1, 0.15) is 0 Å². The van der Waals surface area contributed by atoms with Crippen molar-refractivity contribution < 1.29 is 4.39 Å².